The van der Waals surface area contributed by atoms with Crippen LogP contribution in [0.3, 0.4) is 0 Å². The largest absolute Gasteiger partial charge is 0.494 e. The monoisotopic (exact) mass is 407 g/mol. The number of aromatic hydroxyl groups is 1. The number of carbonyl (C=O) groups is 1. The van der Waals surface area contributed by atoms with Gasteiger partial charge in [-0.15, -0.1) is 0 Å². The average molecular weight is 407 g/mol. The van der Waals surface area contributed by atoms with Crippen molar-refractivity contribution in [1.29, 1.82) is 5.26 Å². The van der Waals surface area contributed by atoms with Gasteiger partial charge in [-0.25, -0.2) is 4.79 Å². The second kappa shape index (κ2) is 9.40. The van der Waals surface area contributed by atoms with E-state index < -0.39 is 11.5 Å². The van der Waals surface area contributed by atoms with Gasteiger partial charge in [0.25, 0.3) is 5.56 Å². The SMILES string of the molecule is CCOC(=O)c1ccc(N=Cc2c(C)c(C#N)c(=O)n(C3CCCCC3)c2O)cc1. The van der Waals surface area contributed by atoms with Crippen molar-refractivity contribution in [2.24, 2.45) is 4.99 Å². The number of pyridine rings is 1. The zero-order chi connectivity index (χ0) is 21.7. The van der Waals surface area contributed by atoms with E-state index in [1.54, 1.807) is 38.1 Å². The maximum Gasteiger partial charge on any atom is 0.338 e. The summed E-state index contributed by atoms with van der Waals surface area (Å²) in [5, 5.41) is 20.4. The molecule has 0 amide bonds. The number of esters is 1. The minimum atomic E-state index is -0.449. The summed E-state index contributed by atoms with van der Waals surface area (Å²) >= 11 is 0. The van der Waals surface area contributed by atoms with Crippen molar-refractivity contribution in [2.75, 3.05) is 6.61 Å². The van der Waals surface area contributed by atoms with Crippen LogP contribution in [0.4, 0.5) is 5.69 Å². The number of aliphatic imine (C=N–C) groups is 1. The van der Waals surface area contributed by atoms with Crippen molar-refractivity contribution in [1.82, 2.24) is 4.57 Å². The topological polar surface area (TPSA) is 105 Å². The van der Waals surface area contributed by atoms with Crippen molar-refractivity contribution in [3.8, 4) is 11.9 Å². The van der Waals surface area contributed by atoms with E-state index in [9.17, 15) is 20.0 Å². The Bertz CT molecular complexity index is 1060. The summed E-state index contributed by atoms with van der Waals surface area (Å²) in [6.45, 7) is 3.68. The van der Waals surface area contributed by atoms with Gasteiger partial charge in [0, 0.05) is 12.3 Å². The minimum Gasteiger partial charge on any atom is -0.494 e. The molecule has 7 heteroatoms. The molecule has 1 saturated carbocycles. The summed E-state index contributed by atoms with van der Waals surface area (Å²) in [7, 11) is 0. The van der Waals surface area contributed by atoms with E-state index >= 15 is 0 Å². The highest BCUT2D eigenvalue weighted by Crippen LogP contribution is 2.32. The Morgan fingerprint density at radius 3 is 2.57 bits per heavy atom. The van der Waals surface area contributed by atoms with Gasteiger partial charge < -0.3 is 9.84 Å². The summed E-state index contributed by atoms with van der Waals surface area (Å²) < 4.78 is 6.32. The standard InChI is InChI=1S/C23H25N3O4/c1-3-30-23(29)16-9-11-17(12-10-16)25-14-20-15(2)19(13-24)21(27)26(22(20)28)18-7-5-4-6-8-18/h9-12,14,18,28H,3-8H2,1-2H3. The van der Waals surface area contributed by atoms with Crippen molar-refractivity contribution in [3.05, 3.63) is 56.9 Å². The van der Waals surface area contributed by atoms with Crippen LogP contribution >= 0.6 is 0 Å². The summed E-state index contributed by atoms with van der Waals surface area (Å²) in [6, 6.07) is 8.42. The van der Waals surface area contributed by atoms with Gasteiger partial charge in [-0.05, 0) is 56.5 Å². The lowest BCUT2D eigenvalue weighted by atomic mass is 9.94. The van der Waals surface area contributed by atoms with E-state index in [1.165, 1.54) is 10.8 Å². The Hall–Kier alpha value is -3.40. The molecule has 1 heterocycles. The number of ether oxygens (including phenoxy) is 1. The lowest BCUT2D eigenvalue weighted by Crippen LogP contribution is -2.30. The number of nitriles is 1. The Morgan fingerprint density at radius 2 is 1.97 bits per heavy atom. The molecule has 0 saturated heterocycles. The second-order valence-corrected chi connectivity index (χ2v) is 7.34. The van der Waals surface area contributed by atoms with E-state index in [0.29, 0.717) is 29.0 Å². The Labute approximate surface area is 175 Å². The van der Waals surface area contributed by atoms with Gasteiger partial charge in [0.05, 0.1) is 23.4 Å². The predicted molar refractivity (Wildman–Crippen MR) is 114 cm³/mol. The molecule has 2 aromatic rings. The number of benzene rings is 1. The van der Waals surface area contributed by atoms with Gasteiger partial charge in [-0.1, -0.05) is 19.3 Å². The highest BCUT2D eigenvalue weighted by Gasteiger charge is 2.24. The lowest BCUT2D eigenvalue weighted by molar-refractivity contribution is 0.0526. The summed E-state index contributed by atoms with van der Waals surface area (Å²) in [5.41, 5.74) is 1.32. The molecule has 0 spiro atoms. The minimum absolute atomic E-state index is 0.0254. The van der Waals surface area contributed by atoms with Crippen molar-refractivity contribution in [3.63, 3.8) is 0 Å². The smallest absolute Gasteiger partial charge is 0.338 e. The third-order valence-corrected chi connectivity index (χ3v) is 5.45. The summed E-state index contributed by atoms with van der Waals surface area (Å²) in [5.74, 6) is -0.560. The Morgan fingerprint density at radius 1 is 1.30 bits per heavy atom. The Kier molecular flexibility index (Phi) is 6.68. The molecule has 1 aromatic heterocycles. The van der Waals surface area contributed by atoms with E-state index in [0.717, 1.165) is 32.1 Å². The molecule has 1 fully saturated rings. The number of rotatable bonds is 5. The second-order valence-electron chi connectivity index (χ2n) is 7.34. The van der Waals surface area contributed by atoms with E-state index in [2.05, 4.69) is 4.99 Å². The van der Waals surface area contributed by atoms with Crippen molar-refractivity contribution in [2.45, 2.75) is 52.0 Å². The molecular formula is C23H25N3O4. The third kappa shape index (κ3) is 4.28. The quantitative estimate of drug-likeness (QED) is 0.592. The molecular weight excluding hydrogens is 382 g/mol. The van der Waals surface area contributed by atoms with Gasteiger partial charge in [0.2, 0.25) is 5.88 Å². The molecule has 1 aromatic carbocycles. The number of hydrogen-bond donors (Lipinski definition) is 1. The first kappa shape index (κ1) is 21.3. The highest BCUT2D eigenvalue weighted by molar-refractivity contribution is 5.90. The van der Waals surface area contributed by atoms with Crippen LogP contribution < -0.4 is 5.56 Å². The molecule has 7 nitrogen and oxygen atoms in total. The van der Waals surface area contributed by atoms with Crippen LogP contribution in [0.25, 0.3) is 0 Å². The maximum absolute atomic E-state index is 12.8. The Balaban J connectivity index is 1.98. The fourth-order valence-corrected chi connectivity index (χ4v) is 3.81. The molecule has 30 heavy (non-hydrogen) atoms. The van der Waals surface area contributed by atoms with Crippen LogP contribution in [0.5, 0.6) is 5.88 Å². The zero-order valence-corrected chi connectivity index (χ0v) is 17.2. The molecule has 0 radical (unpaired) electrons. The highest BCUT2D eigenvalue weighted by atomic mass is 16.5. The molecule has 1 aliphatic carbocycles. The van der Waals surface area contributed by atoms with Crippen molar-refractivity contribution < 1.29 is 14.6 Å². The van der Waals surface area contributed by atoms with Crippen LogP contribution in [-0.4, -0.2) is 28.5 Å². The molecule has 0 aliphatic heterocycles. The van der Waals surface area contributed by atoms with Crippen LogP contribution in [0.2, 0.25) is 0 Å². The zero-order valence-electron chi connectivity index (χ0n) is 17.2. The maximum atomic E-state index is 12.8. The van der Waals surface area contributed by atoms with Crippen LogP contribution in [0, 0.1) is 18.3 Å². The van der Waals surface area contributed by atoms with Gasteiger partial charge in [0.1, 0.15) is 11.6 Å². The van der Waals surface area contributed by atoms with Gasteiger partial charge in [-0.2, -0.15) is 5.26 Å². The molecule has 1 N–H and O–H groups in total. The third-order valence-electron chi connectivity index (χ3n) is 5.45. The van der Waals surface area contributed by atoms with Gasteiger partial charge >= 0.3 is 5.97 Å². The lowest BCUT2D eigenvalue weighted by Gasteiger charge is -2.26. The van der Waals surface area contributed by atoms with Crippen LogP contribution in [-0.2, 0) is 4.74 Å². The van der Waals surface area contributed by atoms with Crippen molar-refractivity contribution >= 4 is 17.9 Å². The van der Waals surface area contributed by atoms with Crippen LogP contribution in [0.15, 0.2) is 34.1 Å². The van der Waals surface area contributed by atoms with Crippen LogP contribution in [0.1, 0.15) is 72.1 Å². The predicted octanol–water partition coefficient (Wildman–Crippen LogP) is 4.17. The average Bonchev–Trinajstić information content (AvgIpc) is 2.75. The first-order valence-corrected chi connectivity index (χ1v) is 10.2. The number of hydrogen-bond acceptors (Lipinski definition) is 6. The summed E-state index contributed by atoms with van der Waals surface area (Å²) in [4.78, 5) is 28.9. The molecule has 0 unspecified atom stereocenters. The van der Waals surface area contributed by atoms with E-state index in [1.807, 2.05) is 6.07 Å². The molecule has 156 valence electrons. The first-order chi connectivity index (χ1) is 14.5. The molecule has 0 atom stereocenters. The first-order valence-electron chi connectivity index (χ1n) is 10.2. The fraction of sp³-hybridized carbons (Fsp3) is 0.391. The number of nitrogens with zero attached hydrogens (tertiary/aromatic N) is 3. The fourth-order valence-electron chi connectivity index (χ4n) is 3.81. The van der Waals surface area contributed by atoms with Gasteiger partial charge in [0.15, 0.2) is 0 Å². The normalized spacial score (nSPS) is 14.6. The molecule has 0 bridgehead atoms. The number of carbonyl (C=O) groups excluding carboxylic acids is 1. The summed E-state index contributed by atoms with van der Waals surface area (Å²) in [6.07, 6.45) is 6.15. The van der Waals surface area contributed by atoms with E-state index in [4.69, 9.17) is 4.74 Å². The number of aromatic nitrogens is 1. The van der Waals surface area contributed by atoms with Gasteiger partial charge in [-0.3, -0.25) is 14.4 Å². The van der Waals surface area contributed by atoms with E-state index in [-0.39, 0.29) is 17.5 Å². The molecule has 3 rings (SSSR count). The molecule has 1 aliphatic rings.